The number of nitrogens with two attached hydrogens (primary N) is 1. The minimum Gasteiger partial charge on any atom is -0.340 e. The normalized spacial score (nSPS) is 17.4. The van der Waals surface area contributed by atoms with Crippen LogP contribution in [0.3, 0.4) is 0 Å². The standard InChI is InChI=1S/C11H11FN4/c12-8-3-7(4-14-5-8)9-6-15-10(16-9)11(13)1-2-11/h3-6H,1-2,13H2,(H,15,16). The number of aromatic nitrogens is 3. The van der Waals surface area contributed by atoms with Gasteiger partial charge in [0.2, 0.25) is 0 Å². The summed E-state index contributed by atoms with van der Waals surface area (Å²) in [5.41, 5.74) is 7.15. The van der Waals surface area contributed by atoms with Gasteiger partial charge in [0.1, 0.15) is 11.6 Å². The number of halogens is 1. The fourth-order valence-corrected chi connectivity index (χ4v) is 1.65. The molecule has 1 fully saturated rings. The average molecular weight is 218 g/mol. The summed E-state index contributed by atoms with van der Waals surface area (Å²) in [4.78, 5) is 11.1. The lowest BCUT2D eigenvalue weighted by Gasteiger charge is -2.02. The summed E-state index contributed by atoms with van der Waals surface area (Å²) in [5, 5.41) is 0. The molecule has 0 aliphatic heterocycles. The van der Waals surface area contributed by atoms with E-state index in [0.717, 1.165) is 24.4 Å². The van der Waals surface area contributed by atoms with Gasteiger partial charge in [-0.25, -0.2) is 9.37 Å². The Morgan fingerprint density at radius 2 is 2.12 bits per heavy atom. The lowest BCUT2D eigenvalue weighted by molar-refractivity contribution is 0.622. The van der Waals surface area contributed by atoms with E-state index in [9.17, 15) is 4.39 Å². The van der Waals surface area contributed by atoms with Gasteiger partial charge in [-0.3, -0.25) is 4.98 Å². The molecule has 3 N–H and O–H groups in total. The number of hydrogen-bond donors (Lipinski definition) is 2. The molecule has 1 aliphatic carbocycles. The van der Waals surface area contributed by atoms with E-state index in [0.29, 0.717) is 5.56 Å². The Morgan fingerprint density at radius 3 is 2.81 bits per heavy atom. The molecule has 2 aromatic rings. The Bertz CT molecular complexity index is 530. The first-order valence-corrected chi connectivity index (χ1v) is 5.13. The number of aromatic amines is 1. The third-order valence-corrected chi connectivity index (χ3v) is 2.85. The van der Waals surface area contributed by atoms with E-state index in [1.807, 2.05) is 0 Å². The van der Waals surface area contributed by atoms with Gasteiger partial charge in [-0.15, -0.1) is 0 Å². The summed E-state index contributed by atoms with van der Waals surface area (Å²) in [6.07, 6.45) is 6.32. The van der Waals surface area contributed by atoms with Gasteiger partial charge >= 0.3 is 0 Å². The molecule has 1 saturated carbocycles. The van der Waals surface area contributed by atoms with Crippen molar-refractivity contribution in [3.63, 3.8) is 0 Å². The zero-order valence-corrected chi connectivity index (χ0v) is 8.57. The molecule has 2 aromatic heterocycles. The number of nitrogens with zero attached hydrogens (tertiary/aromatic N) is 2. The van der Waals surface area contributed by atoms with Crippen LogP contribution in [0.25, 0.3) is 11.3 Å². The van der Waals surface area contributed by atoms with Gasteiger partial charge < -0.3 is 10.7 Å². The molecular formula is C11H11FN4. The molecule has 16 heavy (non-hydrogen) atoms. The molecule has 5 heteroatoms. The molecule has 0 spiro atoms. The zero-order valence-electron chi connectivity index (χ0n) is 8.57. The number of rotatable bonds is 2. The highest BCUT2D eigenvalue weighted by Crippen LogP contribution is 2.41. The van der Waals surface area contributed by atoms with Gasteiger partial charge in [-0.1, -0.05) is 0 Å². The number of nitrogens with one attached hydrogen (secondary N) is 1. The van der Waals surface area contributed by atoms with Crippen LogP contribution in [0.5, 0.6) is 0 Å². The molecular weight excluding hydrogens is 207 g/mol. The molecule has 0 radical (unpaired) electrons. The Hall–Kier alpha value is -1.75. The predicted molar refractivity (Wildman–Crippen MR) is 56.9 cm³/mol. The summed E-state index contributed by atoms with van der Waals surface area (Å²) in [6.45, 7) is 0. The molecule has 1 aliphatic rings. The molecule has 0 bridgehead atoms. The van der Waals surface area contributed by atoms with E-state index in [1.165, 1.54) is 12.3 Å². The van der Waals surface area contributed by atoms with E-state index >= 15 is 0 Å². The van der Waals surface area contributed by atoms with E-state index in [2.05, 4.69) is 15.0 Å². The van der Waals surface area contributed by atoms with Crippen LogP contribution >= 0.6 is 0 Å². The Kier molecular flexibility index (Phi) is 1.85. The van der Waals surface area contributed by atoms with Gasteiger partial charge in [-0.2, -0.15) is 0 Å². The highest BCUT2D eigenvalue weighted by molar-refractivity contribution is 5.57. The third kappa shape index (κ3) is 1.49. The lowest BCUT2D eigenvalue weighted by Crippen LogP contribution is -2.20. The Labute approximate surface area is 91.7 Å². The number of pyridine rings is 1. The maximum atomic E-state index is 13.0. The van der Waals surface area contributed by atoms with Crippen molar-refractivity contribution >= 4 is 0 Å². The van der Waals surface area contributed by atoms with Crippen LogP contribution in [0.1, 0.15) is 18.7 Å². The van der Waals surface area contributed by atoms with E-state index in [-0.39, 0.29) is 11.4 Å². The second kappa shape index (κ2) is 3.12. The maximum Gasteiger partial charge on any atom is 0.142 e. The van der Waals surface area contributed by atoms with Crippen LogP contribution in [-0.2, 0) is 5.54 Å². The minimum absolute atomic E-state index is 0.293. The quantitative estimate of drug-likeness (QED) is 0.803. The monoisotopic (exact) mass is 218 g/mol. The molecule has 4 nitrogen and oxygen atoms in total. The maximum absolute atomic E-state index is 13.0. The SMILES string of the molecule is NC1(c2ncc(-c3cncc(F)c3)[nH]2)CC1. The van der Waals surface area contributed by atoms with Crippen LogP contribution in [0.4, 0.5) is 4.39 Å². The van der Waals surface area contributed by atoms with E-state index < -0.39 is 0 Å². The van der Waals surface area contributed by atoms with Crippen LogP contribution in [-0.4, -0.2) is 15.0 Å². The first-order valence-electron chi connectivity index (χ1n) is 5.13. The summed E-state index contributed by atoms with van der Waals surface area (Å²) < 4.78 is 13.0. The molecule has 82 valence electrons. The summed E-state index contributed by atoms with van der Waals surface area (Å²) >= 11 is 0. The van der Waals surface area contributed by atoms with Gasteiger partial charge in [0.25, 0.3) is 0 Å². The first kappa shape index (κ1) is 9.47. The van der Waals surface area contributed by atoms with Crippen molar-refractivity contribution in [3.05, 3.63) is 36.3 Å². The molecule has 3 rings (SSSR count). The van der Waals surface area contributed by atoms with Crippen LogP contribution in [0.2, 0.25) is 0 Å². The van der Waals surface area contributed by atoms with Crippen LogP contribution in [0.15, 0.2) is 24.7 Å². The second-order valence-electron chi connectivity index (χ2n) is 4.19. The summed E-state index contributed by atoms with van der Waals surface area (Å²) in [6, 6.07) is 1.42. The zero-order chi connectivity index (χ0) is 11.2. The average Bonchev–Trinajstić information content (AvgIpc) is 2.83. The molecule has 0 aromatic carbocycles. The fourth-order valence-electron chi connectivity index (χ4n) is 1.65. The van der Waals surface area contributed by atoms with Crippen molar-refractivity contribution in [2.24, 2.45) is 5.73 Å². The number of hydrogen-bond acceptors (Lipinski definition) is 3. The topological polar surface area (TPSA) is 67.6 Å². The molecule has 2 heterocycles. The summed E-state index contributed by atoms with van der Waals surface area (Å²) in [7, 11) is 0. The van der Waals surface area contributed by atoms with E-state index in [1.54, 1.807) is 12.4 Å². The molecule has 0 atom stereocenters. The Balaban J connectivity index is 1.98. The van der Waals surface area contributed by atoms with Gasteiger partial charge in [0.05, 0.1) is 23.6 Å². The molecule has 0 unspecified atom stereocenters. The fraction of sp³-hybridized carbons (Fsp3) is 0.273. The highest BCUT2D eigenvalue weighted by atomic mass is 19.1. The van der Waals surface area contributed by atoms with Gasteiger partial charge in [0.15, 0.2) is 0 Å². The first-order chi connectivity index (χ1) is 7.67. The predicted octanol–water partition coefficient (Wildman–Crippen LogP) is 1.56. The van der Waals surface area contributed by atoms with Crippen molar-refractivity contribution in [1.82, 2.24) is 15.0 Å². The number of H-pyrrole nitrogens is 1. The highest BCUT2D eigenvalue weighted by Gasteiger charge is 2.42. The van der Waals surface area contributed by atoms with Crippen molar-refractivity contribution < 1.29 is 4.39 Å². The number of imidazole rings is 1. The van der Waals surface area contributed by atoms with Crippen molar-refractivity contribution in [3.8, 4) is 11.3 Å². The van der Waals surface area contributed by atoms with Gasteiger partial charge in [0, 0.05) is 11.8 Å². The Morgan fingerprint density at radius 1 is 1.31 bits per heavy atom. The van der Waals surface area contributed by atoms with Crippen LogP contribution in [0, 0.1) is 5.82 Å². The van der Waals surface area contributed by atoms with Crippen molar-refractivity contribution in [2.75, 3.05) is 0 Å². The largest absolute Gasteiger partial charge is 0.340 e. The van der Waals surface area contributed by atoms with Gasteiger partial charge in [-0.05, 0) is 18.9 Å². The van der Waals surface area contributed by atoms with Crippen LogP contribution < -0.4 is 5.73 Å². The minimum atomic E-state index is -0.359. The summed E-state index contributed by atoms with van der Waals surface area (Å²) in [5.74, 6) is 0.411. The third-order valence-electron chi connectivity index (χ3n) is 2.85. The smallest absolute Gasteiger partial charge is 0.142 e. The van der Waals surface area contributed by atoms with Crippen molar-refractivity contribution in [1.29, 1.82) is 0 Å². The molecule has 0 saturated heterocycles. The lowest BCUT2D eigenvalue weighted by atomic mass is 10.2. The van der Waals surface area contributed by atoms with E-state index in [4.69, 9.17) is 5.73 Å². The van der Waals surface area contributed by atoms with Crippen molar-refractivity contribution in [2.45, 2.75) is 18.4 Å². The second-order valence-corrected chi connectivity index (χ2v) is 4.19. The molecule has 0 amide bonds.